The Morgan fingerprint density at radius 3 is 2.55 bits per heavy atom. The highest BCUT2D eigenvalue weighted by atomic mass is 16.5. The zero-order valence-electron chi connectivity index (χ0n) is 12.3. The Morgan fingerprint density at radius 1 is 1.30 bits per heavy atom. The number of ether oxygens (including phenoxy) is 1. The molecule has 0 fully saturated rings. The molecule has 0 aliphatic rings. The summed E-state index contributed by atoms with van der Waals surface area (Å²) in [6.07, 6.45) is 1.04. The van der Waals surface area contributed by atoms with Crippen LogP contribution in [0.2, 0.25) is 0 Å². The van der Waals surface area contributed by atoms with Gasteiger partial charge in [0.25, 0.3) is 0 Å². The van der Waals surface area contributed by atoms with Gasteiger partial charge in [0.05, 0.1) is 13.2 Å². The Kier molecular flexibility index (Phi) is 6.73. The molecule has 1 aromatic rings. The molecule has 20 heavy (non-hydrogen) atoms. The van der Waals surface area contributed by atoms with Crippen molar-refractivity contribution in [2.24, 2.45) is 0 Å². The summed E-state index contributed by atoms with van der Waals surface area (Å²) < 4.78 is 4.58. The van der Waals surface area contributed by atoms with Crippen molar-refractivity contribution in [3.8, 4) is 0 Å². The molecular weight excluding hydrogens is 256 g/mol. The second kappa shape index (κ2) is 8.32. The summed E-state index contributed by atoms with van der Waals surface area (Å²) in [5.74, 6) is -0.281. The second-order valence-electron chi connectivity index (χ2n) is 4.69. The van der Waals surface area contributed by atoms with Crippen molar-refractivity contribution in [2.75, 3.05) is 26.0 Å². The lowest BCUT2D eigenvalue weighted by molar-refractivity contribution is -0.140. The Hall–Kier alpha value is -1.88. The van der Waals surface area contributed by atoms with Gasteiger partial charge in [-0.3, -0.25) is 14.5 Å². The zero-order chi connectivity index (χ0) is 15.0. The van der Waals surface area contributed by atoms with Gasteiger partial charge in [0.1, 0.15) is 0 Å². The minimum absolute atomic E-state index is 0.0585. The van der Waals surface area contributed by atoms with Crippen LogP contribution in [0.3, 0.4) is 0 Å². The van der Waals surface area contributed by atoms with Gasteiger partial charge in [0.2, 0.25) is 5.91 Å². The predicted octanol–water partition coefficient (Wildman–Crippen LogP) is 1.90. The van der Waals surface area contributed by atoms with E-state index < -0.39 is 0 Å². The molecule has 1 rings (SSSR count). The van der Waals surface area contributed by atoms with Gasteiger partial charge in [-0.05, 0) is 39.1 Å². The highest BCUT2D eigenvalue weighted by molar-refractivity contribution is 5.94. The van der Waals surface area contributed by atoms with Crippen LogP contribution in [0.15, 0.2) is 30.3 Å². The molecule has 0 radical (unpaired) electrons. The number of methoxy groups -OCH3 is 1. The van der Waals surface area contributed by atoms with E-state index in [1.54, 1.807) is 0 Å². The number of carbonyl (C=O) groups is 2. The molecule has 1 unspecified atom stereocenters. The van der Waals surface area contributed by atoms with E-state index in [2.05, 4.69) is 10.1 Å². The lowest BCUT2D eigenvalue weighted by Crippen LogP contribution is -2.40. The number of benzene rings is 1. The van der Waals surface area contributed by atoms with E-state index in [9.17, 15) is 9.59 Å². The number of amides is 1. The standard InChI is InChI=1S/C15H22N2O3/c1-12(17(2)11-7-10-14(18)20-3)15(19)16-13-8-5-4-6-9-13/h4-6,8-9,12H,7,10-11H2,1-3H3,(H,16,19). The summed E-state index contributed by atoms with van der Waals surface area (Å²) in [6.45, 7) is 2.51. The van der Waals surface area contributed by atoms with Crippen LogP contribution in [0, 0.1) is 0 Å². The van der Waals surface area contributed by atoms with Crippen molar-refractivity contribution in [3.05, 3.63) is 30.3 Å². The predicted molar refractivity (Wildman–Crippen MR) is 78.4 cm³/mol. The number of esters is 1. The molecule has 0 saturated heterocycles. The van der Waals surface area contributed by atoms with Gasteiger partial charge in [0.15, 0.2) is 0 Å². The average molecular weight is 278 g/mol. The second-order valence-corrected chi connectivity index (χ2v) is 4.69. The first-order chi connectivity index (χ1) is 9.54. The minimum atomic E-state index is -0.257. The monoisotopic (exact) mass is 278 g/mol. The van der Waals surface area contributed by atoms with E-state index in [0.717, 1.165) is 5.69 Å². The van der Waals surface area contributed by atoms with Crippen LogP contribution in [0.25, 0.3) is 0 Å². The lowest BCUT2D eigenvalue weighted by atomic mass is 10.2. The maximum Gasteiger partial charge on any atom is 0.305 e. The number of hydrogen-bond donors (Lipinski definition) is 1. The molecule has 0 spiro atoms. The van der Waals surface area contributed by atoms with E-state index in [1.807, 2.05) is 49.2 Å². The van der Waals surface area contributed by atoms with E-state index in [4.69, 9.17) is 0 Å². The molecule has 5 heteroatoms. The van der Waals surface area contributed by atoms with Crippen LogP contribution in [0.4, 0.5) is 5.69 Å². The van der Waals surface area contributed by atoms with E-state index >= 15 is 0 Å². The van der Waals surface area contributed by atoms with Crippen molar-refractivity contribution in [1.82, 2.24) is 4.90 Å². The molecule has 1 N–H and O–H groups in total. The molecular formula is C15H22N2O3. The number of rotatable bonds is 7. The number of carbonyl (C=O) groups excluding carboxylic acids is 2. The van der Waals surface area contributed by atoms with Gasteiger partial charge in [-0.1, -0.05) is 18.2 Å². The molecule has 110 valence electrons. The Morgan fingerprint density at radius 2 is 1.95 bits per heavy atom. The van der Waals surface area contributed by atoms with Gasteiger partial charge in [-0.15, -0.1) is 0 Å². The molecule has 0 bridgehead atoms. The van der Waals surface area contributed by atoms with E-state index in [-0.39, 0.29) is 17.9 Å². The van der Waals surface area contributed by atoms with Crippen molar-refractivity contribution in [2.45, 2.75) is 25.8 Å². The van der Waals surface area contributed by atoms with Gasteiger partial charge in [-0.2, -0.15) is 0 Å². The Balaban J connectivity index is 2.38. The van der Waals surface area contributed by atoms with Gasteiger partial charge < -0.3 is 10.1 Å². The maximum absolute atomic E-state index is 12.1. The fourth-order valence-corrected chi connectivity index (χ4v) is 1.74. The van der Waals surface area contributed by atoms with Crippen LogP contribution >= 0.6 is 0 Å². The van der Waals surface area contributed by atoms with E-state index in [0.29, 0.717) is 19.4 Å². The summed E-state index contributed by atoms with van der Waals surface area (Å²) >= 11 is 0. The summed E-state index contributed by atoms with van der Waals surface area (Å²) in [5, 5.41) is 2.86. The molecule has 0 aromatic heterocycles. The normalized spacial score (nSPS) is 12.0. The Bertz CT molecular complexity index is 434. The molecule has 1 aromatic carbocycles. The van der Waals surface area contributed by atoms with Gasteiger partial charge >= 0.3 is 5.97 Å². The van der Waals surface area contributed by atoms with Crippen molar-refractivity contribution in [3.63, 3.8) is 0 Å². The third-order valence-electron chi connectivity index (χ3n) is 3.20. The zero-order valence-corrected chi connectivity index (χ0v) is 12.3. The highest BCUT2D eigenvalue weighted by Crippen LogP contribution is 2.08. The highest BCUT2D eigenvalue weighted by Gasteiger charge is 2.17. The molecule has 0 heterocycles. The first kappa shape index (κ1) is 16.2. The number of hydrogen-bond acceptors (Lipinski definition) is 4. The lowest BCUT2D eigenvalue weighted by Gasteiger charge is -2.23. The minimum Gasteiger partial charge on any atom is -0.469 e. The number of nitrogens with zero attached hydrogens (tertiary/aromatic N) is 1. The van der Waals surface area contributed by atoms with E-state index in [1.165, 1.54) is 7.11 Å². The molecule has 0 aliphatic carbocycles. The maximum atomic E-state index is 12.1. The van der Waals surface area contributed by atoms with Crippen LogP contribution in [0.1, 0.15) is 19.8 Å². The molecule has 0 saturated carbocycles. The van der Waals surface area contributed by atoms with Crippen LogP contribution in [-0.4, -0.2) is 43.5 Å². The third-order valence-corrected chi connectivity index (χ3v) is 3.20. The number of para-hydroxylation sites is 1. The molecule has 1 amide bonds. The average Bonchev–Trinajstić information content (AvgIpc) is 2.47. The first-order valence-corrected chi connectivity index (χ1v) is 6.67. The van der Waals surface area contributed by atoms with Crippen molar-refractivity contribution < 1.29 is 14.3 Å². The topological polar surface area (TPSA) is 58.6 Å². The van der Waals surface area contributed by atoms with Crippen molar-refractivity contribution >= 4 is 17.6 Å². The SMILES string of the molecule is COC(=O)CCCN(C)C(C)C(=O)Nc1ccccc1. The van der Waals surface area contributed by atoms with Crippen molar-refractivity contribution in [1.29, 1.82) is 0 Å². The summed E-state index contributed by atoms with van der Waals surface area (Å²) in [6, 6.07) is 9.09. The smallest absolute Gasteiger partial charge is 0.305 e. The number of likely N-dealkylation sites (N-methyl/N-ethyl adjacent to an activating group) is 1. The molecule has 0 aliphatic heterocycles. The molecule has 1 atom stereocenters. The van der Waals surface area contributed by atoms with Gasteiger partial charge in [0, 0.05) is 12.1 Å². The van der Waals surface area contributed by atoms with Crippen LogP contribution in [-0.2, 0) is 14.3 Å². The molecule has 5 nitrogen and oxygen atoms in total. The quantitative estimate of drug-likeness (QED) is 0.774. The number of nitrogens with one attached hydrogen (secondary N) is 1. The van der Waals surface area contributed by atoms with Gasteiger partial charge in [-0.25, -0.2) is 0 Å². The Labute approximate surface area is 119 Å². The fraction of sp³-hybridized carbons (Fsp3) is 0.467. The first-order valence-electron chi connectivity index (χ1n) is 6.67. The number of anilines is 1. The van der Waals surface area contributed by atoms with Crippen LogP contribution in [0.5, 0.6) is 0 Å². The summed E-state index contributed by atoms with van der Waals surface area (Å²) in [5.41, 5.74) is 0.785. The largest absolute Gasteiger partial charge is 0.469 e. The summed E-state index contributed by atoms with van der Waals surface area (Å²) in [7, 11) is 3.24. The fourth-order valence-electron chi connectivity index (χ4n) is 1.74. The third kappa shape index (κ3) is 5.40. The summed E-state index contributed by atoms with van der Waals surface area (Å²) in [4.78, 5) is 25.0. The van der Waals surface area contributed by atoms with Crippen LogP contribution < -0.4 is 5.32 Å².